The van der Waals surface area contributed by atoms with Crippen LogP contribution in [0.15, 0.2) is 54.9 Å². The number of amides is 2. The molecule has 0 spiro atoms. The highest BCUT2D eigenvalue weighted by Crippen LogP contribution is 2.18. The van der Waals surface area contributed by atoms with E-state index in [0.717, 1.165) is 22.6 Å². The van der Waals surface area contributed by atoms with Gasteiger partial charge in [-0.25, -0.2) is 4.98 Å². The van der Waals surface area contributed by atoms with Crippen molar-refractivity contribution >= 4 is 23.1 Å². The second-order valence-electron chi connectivity index (χ2n) is 6.57. The van der Waals surface area contributed by atoms with Crippen molar-refractivity contribution in [2.45, 2.75) is 13.3 Å². The fourth-order valence-electron chi connectivity index (χ4n) is 3.22. The van der Waals surface area contributed by atoms with Crippen LogP contribution >= 0.6 is 0 Å². The Kier molecular flexibility index (Phi) is 4.16. The van der Waals surface area contributed by atoms with Gasteiger partial charge in [0.2, 0.25) is 11.8 Å². The Morgan fingerprint density at radius 2 is 1.92 bits per heavy atom. The molecule has 0 radical (unpaired) electrons. The van der Waals surface area contributed by atoms with Crippen LogP contribution in [-0.4, -0.2) is 45.7 Å². The van der Waals surface area contributed by atoms with E-state index >= 15 is 0 Å². The summed E-state index contributed by atoms with van der Waals surface area (Å²) in [6.45, 7) is 3.17. The highest BCUT2D eigenvalue weighted by atomic mass is 16.2. The van der Waals surface area contributed by atoms with Crippen LogP contribution in [0.5, 0.6) is 0 Å². The largest absolute Gasteiger partial charge is 0.331 e. The zero-order chi connectivity index (χ0) is 18.1. The second-order valence-corrected chi connectivity index (χ2v) is 6.57. The van der Waals surface area contributed by atoms with E-state index in [1.54, 1.807) is 9.80 Å². The molecule has 1 aromatic carbocycles. The summed E-state index contributed by atoms with van der Waals surface area (Å²) in [6, 6.07) is 13.6. The topological polar surface area (TPSA) is 57.9 Å². The Balaban J connectivity index is 1.42. The molecule has 3 heterocycles. The lowest BCUT2D eigenvalue weighted by molar-refractivity contribution is -0.136. The highest BCUT2D eigenvalue weighted by molar-refractivity contribution is 5.98. The van der Waals surface area contributed by atoms with Crippen molar-refractivity contribution in [2.24, 2.45) is 0 Å². The lowest BCUT2D eigenvalue weighted by atomic mass is 10.2. The molecule has 6 nitrogen and oxygen atoms in total. The number of aromatic nitrogens is 2. The highest BCUT2D eigenvalue weighted by Gasteiger charge is 2.28. The number of rotatable bonds is 3. The van der Waals surface area contributed by atoms with Gasteiger partial charge >= 0.3 is 0 Å². The van der Waals surface area contributed by atoms with Gasteiger partial charge in [0.25, 0.3) is 0 Å². The van der Waals surface area contributed by atoms with Crippen LogP contribution in [0.3, 0.4) is 0 Å². The zero-order valence-corrected chi connectivity index (χ0v) is 14.6. The lowest BCUT2D eigenvalue weighted by Gasteiger charge is -2.34. The van der Waals surface area contributed by atoms with Gasteiger partial charge in [0.05, 0.1) is 12.1 Å². The minimum atomic E-state index is -0.0645. The molecule has 0 aliphatic carbocycles. The van der Waals surface area contributed by atoms with E-state index in [4.69, 9.17) is 0 Å². The van der Waals surface area contributed by atoms with Gasteiger partial charge in [-0.2, -0.15) is 0 Å². The van der Waals surface area contributed by atoms with Gasteiger partial charge < -0.3 is 14.2 Å². The minimum absolute atomic E-state index is 0.0524. The molecule has 2 amide bonds. The summed E-state index contributed by atoms with van der Waals surface area (Å²) in [4.78, 5) is 32.9. The summed E-state index contributed by atoms with van der Waals surface area (Å²) in [6.07, 6.45) is 3.97. The van der Waals surface area contributed by atoms with Crippen molar-refractivity contribution in [1.82, 2.24) is 14.3 Å². The van der Waals surface area contributed by atoms with E-state index in [-0.39, 0.29) is 24.8 Å². The fourth-order valence-corrected chi connectivity index (χ4v) is 3.22. The molecular formula is C20H20N4O2. The second kappa shape index (κ2) is 6.63. The zero-order valence-electron chi connectivity index (χ0n) is 14.6. The molecule has 1 aliphatic rings. The van der Waals surface area contributed by atoms with Crippen LogP contribution in [0, 0.1) is 6.92 Å². The Morgan fingerprint density at radius 3 is 2.65 bits per heavy atom. The van der Waals surface area contributed by atoms with Crippen LogP contribution in [0.25, 0.3) is 5.65 Å². The van der Waals surface area contributed by atoms with Crippen LogP contribution in [-0.2, 0) is 16.0 Å². The van der Waals surface area contributed by atoms with Crippen molar-refractivity contribution in [2.75, 3.05) is 24.5 Å². The minimum Gasteiger partial charge on any atom is -0.331 e. The summed E-state index contributed by atoms with van der Waals surface area (Å²) >= 11 is 0. The Hall–Kier alpha value is -3.15. The predicted octanol–water partition coefficient (Wildman–Crippen LogP) is 2.06. The van der Waals surface area contributed by atoms with E-state index in [1.807, 2.05) is 66.2 Å². The van der Waals surface area contributed by atoms with Gasteiger partial charge in [0.15, 0.2) is 0 Å². The molecule has 0 N–H and O–H groups in total. The van der Waals surface area contributed by atoms with Crippen molar-refractivity contribution in [3.63, 3.8) is 0 Å². The van der Waals surface area contributed by atoms with E-state index in [2.05, 4.69) is 4.98 Å². The summed E-state index contributed by atoms with van der Waals surface area (Å²) in [5.74, 6) is -0.117. The first-order valence-electron chi connectivity index (χ1n) is 8.67. The summed E-state index contributed by atoms with van der Waals surface area (Å²) < 4.78 is 1.89. The normalized spacial score (nSPS) is 14.9. The number of nitrogens with zero attached hydrogens (tertiary/aromatic N) is 4. The third kappa shape index (κ3) is 3.18. The summed E-state index contributed by atoms with van der Waals surface area (Å²) in [5.41, 5.74) is 3.57. The van der Waals surface area contributed by atoms with Gasteiger partial charge in [0.1, 0.15) is 12.2 Å². The number of hydrogen-bond acceptors (Lipinski definition) is 3. The molecule has 1 saturated heterocycles. The van der Waals surface area contributed by atoms with Gasteiger partial charge in [-0.3, -0.25) is 9.59 Å². The van der Waals surface area contributed by atoms with Crippen molar-refractivity contribution < 1.29 is 9.59 Å². The monoisotopic (exact) mass is 348 g/mol. The van der Waals surface area contributed by atoms with Crippen molar-refractivity contribution in [3.05, 3.63) is 66.1 Å². The quantitative estimate of drug-likeness (QED) is 0.728. The fraction of sp³-hybridized carbons (Fsp3) is 0.250. The molecule has 6 heteroatoms. The first kappa shape index (κ1) is 16.3. The number of aryl methyl sites for hydroxylation is 1. The number of fused-ring (bicyclic) bond motifs is 1. The number of benzene rings is 1. The third-order valence-corrected chi connectivity index (χ3v) is 4.67. The predicted molar refractivity (Wildman–Crippen MR) is 99.0 cm³/mol. The molecule has 0 unspecified atom stereocenters. The molecule has 4 rings (SSSR count). The molecular weight excluding hydrogens is 328 g/mol. The maximum atomic E-state index is 12.6. The Labute approximate surface area is 151 Å². The van der Waals surface area contributed by atoms with Crippen molar-refractivity contribution in [3.8, 4) is 0 Å². The molecule has 0 bridgehead atoms. The number of anilines is 1. The Bertz CT molecular complexity index is 928. The molecule has 0 atom stereocenters. The number of carbonyl (C=O) groups excluding carboxylic acids is 2. The summed E-state index contributed by atoms with van der Waals surface area (Å²) in [7, 11) is 0. The first-order valence-corrected chi connectivity index (χ1v) is 8.67. The standard InChI is InChI=1S/C20H20N4O2/c1-15-5-7-17(8-6-15)24-11-10-23(14-20(24)26)19(25)12-16-13-22-9-3-2-4-18(22)21-16/h2-9,13H,10-12,14H2,1H3. The van der Waals surface area contributed by atoms with Crippen LogP contribution in [0.4, 0.5) is 5.69 Å². The molecule has 3 aromatic rings. The smallest absolute Gasteiger partial charge is 0.246 e. The number of imidazole rings is 1. The van der Waals surface area contributed by atoms with E-state index < -0.39 is 0 Å². The van der Waals surface area contributed by atoms with Gasteiger partial charge in [-0.1, -0.05) is 23.8 Å². The van der Waals surface area contributed by atoms with Crippen LogP contribution < -0.4 is 4.90 Å². The van der Waals surface area contributed by atoms with Crippen molar-refractivity contribution in [1.29, 1.82) is 0 Å². The van der Waals surface area contributed by atoms with E-state index in [1.165, 1.54) is 0 Å². The Morgan fingerprint density at radius 1 is 1.12 bits per heavy atom. The average molecular weight is 348 g/mol. The molecule has 1 fully saturated rings. The SMILES string of the molecule is Cc1ccc(N2CCN(C(=O)Cc3cn4ccccc4n3)CC2=O)cc1. The number of piperazine rings is 1. The van der Waals surface area contributed by atoms with Crippen LogP contribution in [0.1, 0.15) is 11.3 Å². The lowest BCUT2D eigenvalue weighted by Crippen LogP contribution is -2.52. The number of carbonyl (C=O) groups is 2. The van der Waals surface area contributed by atoms with Gasteiger partial charge in [-0.15, -0.1) is 0 Å². The molecule has 26 heavy (non-hydrogen) atoms. The van der Waals surface area contributed by atoms with E-state index in [0.29, 0.717) is 13.1 Å². The molecule has 2 aromatic heterocycles. The number of hydrogen-bond donors (Lipinski definition) is 0. The molecule has 1 aliphatic heterocycles. The van der Waals surface area contributed by atoms with E-state index in [9.17, 15) is 9.59 Å². The first-order chi connectivity index (χ1) is 12.6. The van der Waals surface area contributed by atoms with Gasteiger partial charge in [-0.05, 0) is 31.2 Å². The third-order valence-electron chi connectivity index (χ3n) is 4.67. The molecule has 132 valence electrons. The number of pyridine rings is 1. The van der Waals surface area contributed by atoms with Crippen LogP contribution in [0.2, 0.25) is 0 Å². The van der Waals surface area contributed by atoms with Gasteiger partial charge in [0, 0.05) is 31.2 Å². The summed E-state index contributed by atoms with van der Waals surface area (Å²) in [5, 5.41) is 0. The maximum Gasteiger partial charge on any atom is 0.246 e. The average Bonchev–Trinajstić information content (AvgIpc) is 3.04. The maximum absolute atomic E-state index is 12.6. The molecule has 0 saturated carbocycles.